The third-order valence-corrected chi connectivity index (χ3v) is 4.13. The van der Waals surface area contributed by atoms with Crippen LogP contribution < -0.4 is 0 Å². The van der Waals surface area contributed by atoms with Gasteiger partial charge in [-0.1, -0.05) is 59.0 Å². The molecule has 1 aliphatic carbocycles. The molecule has 0 nitrogen and oxygen atoms in total. The lowest BCUT2D eigenvalue weighted by atomic mass is 9.84. The van der Waals surface area contributed by atoms with Gasteiger partial charge in [-0.25, -0.2) is 4.39 Å². The Hall–Kier alpha value is -0.630. The molecule has 0 unspecified atom stereocenters. The van der Waals surface area contributed by atoms with Gasteiger partial charge >= 0.3 is 0 Å². The van der Waals surface area contributed by atoms with E-state index in [0.29, 0.717) is 5.92 Å². The fourth-order valence-electron chi connectivity index (χ4n) is 2.55. The minimum Gasteiger partial charge on any atom is -0.207 e. The number of rotatable bonds is 3. The fraction of sp³-hybridized carbons (Fsp3) is 0.467. The van der Waals surface area contributed by atoms with Crippen molar-refractivity contribution < 1.29 is 4.39 Å². The second-order valence-electron chi connectivity index (χ2n) is 4.74. The lowest BCUT2D eigenvalue weighted by Crippen LogP contribution is -2.10. The van der Waals surface area contributed by atoms with Crippen molar-refractivity contribution in [3.63, 3.8) is 0 Å². The summed E-state index contributed by atoms with van der Waals surface area (Å²) in [4.78, 5) is 0. The molecule has 0 bridgehead atoms. The van der Waals surface area contributed by atoms with Crippen molar-refractivity contribution in [3.8, 4) is 0 Å². The molecule has 2 rings (SSSR count). The number of allylic oxidation sites excluding steroid dienone is 1. The van der Waals surface area contributed by atoms with Crippen molar-refractivity contribution in [2.45, 2.75) is 32.1 Å². The first-order valence-electron chi connectivity index (χ1n) is 6.31. The molecule has 92 valence electrons. The average Bonchev–Trinajstić information content (AvgIpc) is 2.37. The summed E-state index contributed by atoms with van der Waals surface area (Å²) in [7, 11) is 0. The third-order valence-electron chi connectivity index (χ3n) is 3.48. The minimum absolute atomic E-state index is 0.156. The molecule has 0 heterocycles. The number of benzene rings is 1. The third kappa shape index (κ3) is 3.67. The Bertz CT molecular complexity index is 392. The van der Waals surface area contributed by atoms with Gasteiger partial charge in [0, 0.05) is 5.33 Å². The van der Waals surface area contributed by atoms with Crippen LogP contribution in [-0.4, -0.2) is 5.33 Å². The molecule has 0 N–H and O–H groups in total. The van der Waals surface area contributed by atoms with Crippen LogP contribution in [0.4, 0.5) is 4.39 Å². The van der Waals surface area contributed by atoms with Gasteiger partial charge in [-0.2, -0.15) is 0 Å². The van der Waals surface area contributed by atoms with Crippen LogP contribution >= 0.6 is 15.9 Å². The zero-order chi connectivity index (χ0) is 12.1. The summed E-state index contributed by atoms with van der Waals surface area (Å²) in [6.45, 7) is 0. The lowest BCUT2D eigenvalue weighted by molar-refractivity contribution is 0.405. The molecule has 2 heteroatoms. The maximum Gasteiger partial charge on any atom is 0.123 e. The van der Waals surface area contributed by atoms with E-state index in [1.54, 1.807) is 12.1 Å². The van der Waals surface area contributed by atoms with Gasteiger partial charge in [0.1, 0.15) is 5.82 Å². The van der Waals surface area contributed by atoms with Crippen molar-refractivity contribution in [1.82, 2.24) is 0 Å². The summed E-state index contributed by atoms with van der Waals surface area (Å²) in [6, 6.07) is 6.83. The number of alkyl halides is 1. The standard InChI is InChI=1S/C15H18BrF/c16-11-14(13-6-2-1-3-7-13)9-12-5-4-8-15(17)10-12/h4-5,8-10,13H,1-3,6-7,11H2. The minimum atomic E-state index is -0.156. The van der Waals surface area contributed by atoms with E-state index in [9.17, 15) is 4.39 Å². The monoisotopic (exact) mass is 296 g/mol. The highest BCUT2D eigenvalue weighted by molar-refractivity contribution is 9.09. The van der Waals surface area contributed by atoms with Crippen molar-refractivity contribution >= 4 is 22.0 Å². The van der Waals surface area contributed by atoms with E-state index in [1.165, 1.54) is 43.7 Å². The molecule has 1 aliphatic rings. The van der Waals surface area contributed by atoms with Gasteiger partial charge in [0.15, 0.2) is 0 Å². The van der Waals surface area contributed by atoms with Crippen molar-refractivity contribution in [2.75, 3.05) is 5.33 Å². The normalized spacial score (nSPS) is 18.4. The fourth-order valence-corrected chi connectivity index (χ4v) is 3.17. The predicted molar refractivity (Wildman–Crippen MR) is 74.7 cm³/mol. The van der Waals surface area contributed by atoms with Crippen LogP contribution in [-0.2, 0) is 0 Å². The highest BCUT2D eigenvalue weighted by atomic mass is 79.9. The van der Waals surface area contributed by atoms with Gasteiger partial charge in [-0.05, 0) is 36.5 Å². The van der Waals surface area contributed by atoms with Crippen LogP contribution in [0.2, 0.25) is 0 Å². The second-order valence-corrected chi connectivity index (χ2v) is 5.30. The molecule has 0 saturated heterocycles. The Kier molecular flexibility index (Phi) is 4.78. The van der Waals surface area contributed by atoms with Crippen LogP contribution in [0.1, 0.15) is 37.7 Å². The van der Waals surface area contributed by atoms with E-state index in [2.05, 4.69) is 22.0 Å². The zero-order valence-electron chi connectivity index (χ0n) is 9.96. The van der Waals surface area contributed by atoms with Crippen LogP contribution in [0.25, 0.3) is 6.08 Å². The number of hydrogen-bond acceptors (Lipinski definition) is 0. The summed E-state index contributed by atoms with van der Waals surface area (Å²) >= 11 is 3.57. The van der Waals surface area contributed by atoms with E-state index < -0.39 is 0 Å². The molecule has 0 spiro atoms. The molecule has 17 heavy (non-hydrogen) atoms. The van der Waals surface area contributed by atoms with Gasteiger partial charge in [0.25, 0.3) is 0 Å². The highest BCUT2D eigenvalue weighted by Gasteiger charge is 2.16. The van der Waals surface area contributed by atoms with Crippen molar-refractivity contribution in [1.29, 1.82) is 0 Å². The first kappa shape index (κ1) is 12.8. The lowest BCUT2D eigenvalue weighted by Gasteiger charge is -2.23. The second kappa shape index (κ2) is 6.34. The van der Waals surface area contributed by atoms with Crippen molar-refractivity contribution in [2.24, 2.45) is 5.92 Å². The van der Waals surface area contributed by atoms with Crippen LogP contribution in [0.3, 0.4) is 0 Å². The van der Waals surface area contributed by atoms with E-state index in [4.69, 9.17) is 0 Å². The van der Waals surface area contributed by atoms with E-state index in [1.807, 2.05) is 6.07 Å². The molecule has 0 amide bonds. The van der Waals surface area contributed by atoms with Crippen LogP contribution in [0.15, 0.2) is 29.8 Å². The molecule has 1 aromatic rings. The summed E-state index contributed by atoms with van der Waals surface area (Å²) < 4.78 is 13.1. The largest absolute Gasteiger partial charge is 0.207 e. The Morgan fingerprint density at radius 3 is 2.71 bits per heavy atom. The summed E-state index contributed by atoms with van der Waals surface area (Å²) in [5.41, 5.74) is 2.39. The Morgan fingerprint density at radius 1 is 1.29 bits per heavy atom. The molecule has 0 aliphatic heterocycles. The smallest absolute Gasteiger partial charge is 0.123 e. The Labute approximate surface area is 111 Å². The van der Waals surface area contributed by atoms with Crippen LogP contribution in [0, 0.1) is 11.7 Å². The summed E-state index contributed by atoms with van der Waals surface area (Å²) in [5.74, 6) is 0.530. The average molecular weight is 297 g/mol. The van der Waals surface area contributed by atoms with E-state index in [0.717, 1.165) is 10.9 Å². The van der Waals surface area contributed by atoms with Gasteiger partial charge < -0.3 is 0 Å². The topological polar surface area (TPSA) is 0 Å². The van der Waals surface area contributed by atoms with Gasteiger partial charge in [-0.15, -0.1) is 0 Å². The molecule has 1 fully saturated rings. The number of halogens is 2. The van der Waals surface area contributed by atoms with Gasteiger partial charge in [0.05, 0.1) is 0 Å². The first-order valence-corrected chi connectivity index (χ1v) is 7.44. The molecule has 0 aromatic heterocycles. The van der Waals surface area contributed by atoms with Crippen molar-refractivity contribution in [3.05, 3.63) is 41.2 Å². The quantitative estimate of drug-likeness (QED) is 0.674. The Morgan fingerprint density at radius 2 is 2.06 bits per heavy atom. The molecule has 0 atom stereocenters. The van der Waals surface area contributed by atoms with Gasteiger partial charge in [-0.3, -0.25) is 0 Å². The number of hydrogen-bond donors (Lipinski definition) is 0. The highest BCUT2D eigenvalue weighted by Crippen LogP contribution is 2.31. The van der Waals surface area contributed by atoms with E-state index >= 15 is 0 Å². The SMILES string of the molecule is Fc1cccc(C=C(CBr)C2CCCCC2)c1. The molecule has 1 aromatic carbocycles. The molecular formula is C15H18BrF. The molecule has 0 radical (unpaired) electrons. The van der Waals surface area contributed by atoms with Crippen LogP contribution in [0.5, 0.6) is 0 Å². The predicted octanol–water partition coefficient (Wildman–Crippen LogP) is 5.18. The maximum atomic E-state index is 13.1. The maximum absolute atomic E-state index is 13.1. The first-order chi connectivity index (χ1) is 8.29. The zero-order valence-corrected chi connectivity index (χ0v) is 11.5. The van der Waals surface area contributed by atoms with Gasteiger partial charge in [0.2, 0.25) is 0 Å². The summed E-state index contributed by atoms with van der Waals surface area (Å²) in [5, 5.41) is 0.897. The molecular weight excluding hydrogens is 279 g/mol. The van der Waals surface area contributed by atoms with E-state index in [-0.39, 0.29) is 5.82 Å². The molecule has 1 saturated carbocycles. The summed E-state index contributed by atoms with van der Waals surface area (Å²) in [6.07, 6.45) is 8.75. The Balaban J connectivity index is 2.16.